The quantitative estimate of drug-likeness (QED) is 0.476. The molecule has 0 unspecified atom stereocenters. The molecule has 1 aliphatic rings. The van der Waals surface area contributed by atoms with Crippen molar-refractivity contribution >= 4 is 0 Å². The van der Waals surface area contributed by atoms with Crippen LogP contribution >= 0.6 is 0 Å². The molecule has 0 radical (unpaired) electrons. The van der Waals surface area contributed by atoms with Crippen LogP contribution in [0.2, 0.25) is 0 Å². The Morgan fingerprint density at radius 3 is 2.64 bits per heavy atom. The maximum atomic E-state index is 5.28. The SMILES string of the molecule is C=CCCCC=CCN1CCOCC1. The van der Waals surface area contributed by atoms with Gasteiger partial charge in [0.05, 0.1) is 13.2 Å². The fraction of sp³-hybridized carbons (Fsp3) is 0.667. The summed E-state index contributed by atoms with van der Waals surface area (Å²) in [4.78, 5) is 2.42. The Morgan fingerprint density at radius 1 is 1.14 bits per heavy atom. The Bertz CT molecular complexity index is 171. The average Bonchev–Trinajstić information content (AvgIpc) is 2.25. The highest BCUT2D eigenvalue weighted by molar-refractivity contribution is 4.86. The summed E-state index contributed by atoms with van der Waals surface area (Å²) in [5, 5.41) is 0. The van der Waals surface area contributed by atoms with Crippen LogP contribution in [0.25, 0.3) is 0 Å². The zero-order valence-electron chi connectivity index (χ0n) is 8.95. The molecule has 0 bridgehead atoms. The van der Waals surface area contributed by atoms with Crippen molar-refractivity contribution in [1.82, 2.24) is 4.90 Å². The first kappa shape index (κ1) is 11.5. The molecule has 0 aliphatic carbocycles. The molecule has 1 fully saturated rings. The maximum Gasteiger partial charge on any atom is 0.0594 e. The van der Waals surface area contributed by atoms with E-state index in [1.165, 1.54) is 12.8 Å². The van der Waals surface area contributed by atoms with Crippen LogP contribution in [0.1, 0.15) is 19.3 Å². The molecule has 0 aromatic carbocycles. The van der Waals surface area contributed by atoms with Crippen LogP contribution in [0.3, 0.4) is 0 Å². The van der Waals surface area contributed by atoms with Gasteiger partial charge in [-0.1, -0.05) is 18.2 Å². The summed E-state index contributed by atoms with van der Waals surface area (Å²) in [6.45, 7) is 8.73. The van der Waals surface area contributed by atoms with Crippen LogP contribution in [0, 0.1) is 0 Å². The number of hydrogen-bond acceptors (Lipinski definition) is 2. The second-order valence-electron chi connectivity index (χ2n) is 3.60. The van der Waals surface area contributed by atoms with Gasteiger partial charge in [0, 0.05) is 19.6 Å². The number of unbranched alkanes of at least 4 members (excludes halogenated alkanes) is 2. The van der Waals surface area contributed by atoms with Crippen molar-refractivity contribution in [3.05, 3.63) is 24.8 Å². The summed E-state index contributed by atoms with van der Waals surface area (Å²) >= 11 is 0. The van der Waals surface area contributed by atoms with Crippen molar-refractivity contribution < 1.29 is 4.74 Å². The Labute approximate surface area is 87.2 Å². The molecule has 1 aliphatic heterocycles. The minimum atomic E-state index is 0.893. The first-order valence-corrected chi connectivity index (χ1v) is 5.49. The molecule has 80 valence electrons. The molecule has 0 aromatic rings. The lowest BCUT2D eigenvalue weighted by Gasteiger charge is -2.25. The number of hydrogen-bond donors (Lipinski definition) is 0. The van der Waals surface area contributed by atoms with Crippen LogP contribution in [-0.4, -0.2) is 37.7 Å². The lowest BCUT2D eigenvalue weighted by atomic mass is 10.2. The number of allylic oxidation sites excluding steroid dienone is 2. The number of morpholine rings is 1. The molecule has 0 amide bonds. The van der Waals surface area contributed by atoms with E-state index in [4.69, 9.17) is 4.74 Å². The maximum absolute atomic E-state index is 5.28. The summed E-state index contributed by atoms with van der Waals surface area (Å²) in [7, 11) is 0. The van der Waals surface area contributed by atoms with Gasteiger partial charge < -0.3 is 4.74 Å². The van der Waals surface area contributed by atoms with E-state index >= 15 is 0 Å². The molecule has 14 heavy (non-hydrogen) atoms. The molecule has 0 saturated carbocycles. The van der Waals surface area contributed by atoms with Crippen LogP contribution < -0.4 is 0 Å². The van der Waals surface area contributed by atoms with Crippen LogP contribution in [0.5, 0.6) is 0 Å². The molecular formula is C12H21NO. The fourth-order valence-electron chi connectivity index (χ4n) is 1.51. The standard InChI is InChI=1S/C12H21NO/c1-2-3-4-5-6-7-8-13-9-11-14-12-10-13/h2,6-7H,1,3-5,8-12H2. The summed E-state index contributed by atoms with van der Waals surface area (Å²) < 4.78 is 5.28. The predicted molar refractivity (Wildman–Crippen MR) is 60.4 cm³/mol. The van der Waals surface area contributed by atoms with Gasteiger partial charge in [-0.15, -0.1) is 6.58 Å². The van der Waals surface area contributed by atoms with Gasteiger partial charge in [-0.2, -0.15) is 0 Å². The second-order valence-corrected chi connectivity index (χ2v) is 3.60. The zero-order valence-corrected chi connectivity index (χ0v) is 8.95. The van der Waals surface area contributed by atoms with Crippen LogP contribution in [0.15, 0.2) is 24.8 Å². The minimum absolute atomic E-state index is 0.893. The predicted octanol–water partition coefficient (Wildman–Crippen LogP) is 2.23. The van der Waals surface area contributed by atoms with Crippen molar-refractivity contribution in [3.63, 3.8) is 0 Å². The van der Waals surface area contributed by atoms with E-state index in [-0.39, 0.29) is 0 Å². The number of ether oxygens (including phenoxy) is 1. The first-order valence-electron chi connectivity index (χ1n) is 5.49. The molecule has 1 saturated heterocycles. The van der Waals surface area contributed by atoms with Crippen molar-refractivity contribution in [2.45, 2.75) is 19.3 Å². The van der Waals surface area contributed by atoms with E-state index in [0.29, 0.717) is 0 Å². The van der Waals surface area contributed by atoms with Crippen molar-refractivity contribution in [1.29, 1.82) is 0 Å². The number of rotatable bonds is 6. The van der Waals surface area contributed by atoms with E-state index in [1.54, 1.807) is 0 Å². The lowest BCUT2D eigenvalue weighted by molar-refractivity contribution is 0.0434. The molecule has 0 N–H and O–H groups in total. The van der Waals surface area contributed by atoms with Crippen molar-refractivity contribution in [3.8, 4) is 0 Å². The fourth-order valence-corrected chi connectivity index (χ4v) is 1.51. The Morgan fingerprint density at radius 2 is 1.93 bits per heavy atom. The number of nitrogens with zero attached hydrogens (tertiary/aromatic N) is 1. The Balaban J connectivity index is 1.97. The zero-order chi connectivity index (χ0) is 10.1. The molecule has 0 spiro atoms. The topological polar surface area (TPSA) is 12.5 Å². The molecule has 1 rings (SSSR count). The van der Waals surface area contributed by atoms with Gasteiger partial charge in [-0.05, 0) is 19.3 Å². The molecule has 1 heterocycles. The van der Waals surface area contributed by atoms with E-state index in [9.17, 15) is 0 Å². The highest BCUT2D eigenvalue weighted by atomic mass is 16.5. The summed E-state index contributed by atoms with van der Waals surface area (Å²) in [6, 6.07) is 0. The van der Waals surface area contributed by atoms with Crippen molar-refractivity contribution in [2.75, 3.05) is 32.8 Å². The molecule has 0 aromatic heterocycles. The van der Waals surface area contributed by atoms with Gasteiger partial charge in [0.25, 0.3) is 0 Å². The molecule has 0 atom stereocenters. The first-order chi connectivity index (χ1) is 6.93. The normalized spacial score (nSPS) is 18.9. The molecule has 2 nitrogen and oxygen atoms in total. The van der Waals surface area contributed by atoms with E-state index in [2.05, 4.69) is 23.6 Å². The third kappa shape index (κ3) is 5.20. The Kier molecular flexibility index (Phi) is 6.37. The molecule has 2 heteroatoms. The van der Waals surface area contributed by atoms with Crippen molar-refractivity contribution in [2.24, 2.45) is 0 Å². The molecular weight excluding hydrogens is 174 g/mol. The highest BCUT2D eigenvalue weighted by Crippen LogP contribution is 1.99. The highest BCUT2D eigenvalue weighted by Gasteiger charge is 2.07. The van der Waals surface area contributed by atoms with Crippen LogP contribution in [0.4, 0.5) is 0 Å². The summed E-state index contributed by atoms with van der Waals surface area (Å²) in [5.74, 6) is 0. The lowest BCUT2D eigenvalue weighted by Crippen LogP contribution is -2.36. The van der Waals surface area contributed by atoms with Gasteiger partial charge in [0.2, 0.25) is 0 Å². The second kappa shape index (κ2) is 7.77. The van der Waals surface area contributed by atoms with E-state index < -0.39 is 0 Å². The smallest absolute Gasteiger partial charge is 0.0594 e. The van der Waals surface area contributed by atoms with E-state index in [0.717, 1.165) is 39.3 Å². The largest absolute Gasteiger partial charge is 0.379 e. The van der Waals surface area contributed by atoms with Crippen LogP contribution in [-0.2, 0) is 4.74 Å². The van der Waals surface area contributed by atoms with Gasteiger partial charge in [-0.25, -0.2) is 0 Å². The van der Waals surface area contributed by atoms with E-state index in [1.807, 2.05) is 6.08 Å². The third-order valence-corrected chi connectivity index (χ3v) is 2.41. The van der Waals surface area contributed by atoms with Gasteiger partial charge >= 0.3 is 0 Å². The van der Waals surface area contributed by atoms with Gasteiger partial charge in [-0.3, -0.25) is 4.90 Å². The van der Waals surface area contributed by atoms with Gasteiger partial charge in [0.1, 0.15) is 0 Å². The third-order valence-electron chi connectivity index (χ3n) is 2.41. The minimum Gasteiger partial charge on any atom is -0.379 e. The summed E-state index contributed by atoms with van der Waals surface area (Å²) in [6.07, 6.45) is 10.1. The van der Waals surface area contributed by atoms with Gasteiger partial charge in [0.15, 0.2) is 0 Å². The monoisotopic (exact) mass is 195 g/mol. The summed E-state index contributed by atoms with van der Waals surface area (Å²) in [5.41, 5.74) is 0. The Hall–Kier alpha value is -0.600. The average molecular weight is 195 g/mol.